The van der Waals surface area contributed by atoms with E-state index in [1.807, 2.05) is 12.1 Å². The fourth-order valence-corrected chi connectivity index (χ4v) is 4.99. The Morgan fingerprint density at radius 2 is 1.88 bits per heavy atom. The van der Waals surface area contributed by atoms with E-state index in [4.69, 9.17) is 11.6 Å². The molecule has 3 heterocycles. The highest BCUT2D eigenvalue weighted by Crippen LogP contribution is 2.29. The van der Waals surface area contributed by atoms with Gasteiger partial charge in [-0.15, -0.1) is 0 Å². The molecule has 0 saturated carbocycles. The quantitative estimate of drug-likeness (QED) is 0.563. The van der Waals surface area contributed by atoms with Crippen LogP contribution in [0.15, 0.2) is 48.5 Å². The molecule has 4 N–H and O–H groups in total. The van der Waals surface area contributed by atoms with Gasteiger partial charge in [-0.1, -0.05) is 41.9 Å². The van der Waals surface area contributed by atoms with Gasteiger partial charge in [0.1, 0.15) is 6.29 Å². The summed E-state index contributed by atoms with van der Waals surface area (Å²) >= 11 is 6.00. The summed E-state index contributed by atoms with van der Waals surface area (Å²) < 4.78 is 0. The van der Waals surface area contributed by atoms with E-state index in [0.29, 0.717) is 17.3 Å². The summed E-state index contributed by atoms with van der Waals surface area (Å²) in [6, 6.07) is 15.0. The van der Waals surface area contributed by atoms with Gasteiger partial charge in [-0.2, -0.15) is 0 Å². The number of benzene rings is 2. The SMILES string of the molecule is O=C1CC(C(=O)Nc2cccc(Cl)c2)C2C(=O)NC(N3CCc4ccccc4C3)NC2N1. The number of carbonyl (C=O) groups is 3. The van der Waals surface area contributed by atoms with Gasteiger partial charge in [-0.25, -0.2) is 0 Å². The lowest BCUT2D eigenvalue weighted by molar-refractivity contribution is -0.147. The third-order valence-electron chi connectivity index (χ3n) is 6.39. The van der Waals surface area contributed by atoms with Gasteiger partial charge in [0.2, 0.25) is 17.7 Å². The molecule has 9 heteroatoms. The van der Waals surface area contributed by atoms with E-state index < -0.39 is 24.3 Å². The number of nitrogens with one attached hydrogen (secondary N) is 4. The van der Waals surface area contributed by atoms with Gasteiger partial charge in [-0.3, -0.25) is 24.6 Å². The minimum Gasteiger partial charge on any atom is -0.340 e. The maximum Gasteiger partial charge on any atom is 0.229 e. The molecule has 0 bridgehead atoms. The topological polar surface area (TPSA) is 103 Å². The maximum atomic E-state index is 13.1. The van der Waals surface area contributed by atoms with Crippen LogP contribution in [0.3, 0.4) is 0 Å². The molecule has 4 atom stereocenters. The zero-order chi connectivity index (χ0) is 22.2. The lowest BCUT2D eigenvalue weighted by Crippen LogP contribution is -2.74. The lowest BCUT2D eigenvalue weighted by Gasteiger charge is -2.47. The van der Waals surface area contributed by atoms with Crippen molar-refractivity contribution in [3.8, 4) is 0 Å². The summed E-state index contributed by atoms with van der Waals surface area (Å²) in [5.74, 6) is -2.38. The number of nitrogens with zero attached hydrogens (tertiary/aromatic N) is 1. The molecular weight excluding hydrogens is 430 g/mol. The van der Waals surface area contributed by atoms with Crippen LogP contribution in [0.4, 0.5) is 5.69 Å². The van der Waals surface area contributed by atoms with E-state index in [-0.39, 0.29) is 24.1 Å². The molecule has 32 heavy (non-hydrogen) atoms. The number of fused-ring (bicyclic) bond motifs is 2. The molecule has 3 aliphatic heterocycles. The van der Waals surface area contributed by atoms with Gasteiger partial charge in [0, 0.05) is 30.2 Å². The second kappa shape index (κ2) is 8.54. The van der Waals surface area contributed by atoms with Crippen molar-refractivity contribution >= 4 is 35.0 Å². The fraction of sp³-hybridized carbons (Fsp3) is 0.348. The number of hydrogen-bond donors (Lipinski definition) is 4. The summed E-state index contributed by atoms with van der Waals surface area (Å²) in [6.07, 6.45) is -0.214. The van der Waals surface area contributed by atoms with Crippen LogP contribution < -0.4 is 21.3 Å². The second-order valence-corrected chi connectivity index (χ2v) is 8.88. The Labute approximate surface area is 190 Å². The molecule has 0 aliphatic carbocycles. The summed E-state index contributed by atoms with van der Waals surface area (Å²) in [7, 11) is 0. The minimum atomic E-state index is -0.789. The second-order valence-electron chi connectivity index (χ2n) is 8.45. The van der Waals surface area contributed by atoms with Gasteiger partial charge in [0.15, 0.2) is 0 Å². The van der Waals surface area contributed by atoms with Gasteiger partial charge in [0.05, 0.1) is 18.0 Å². The summed E-state index contributed by atoms with van der Waals surface area (Å²) in [6.45, 7) is 1.47. The molecule has 4 unspecified atom stereocenters. The monoisotopic (exact) mass is 453 g/mol. The van der Waals surface area contributed by atoms with E-state index in [1.54, 1.807) is 24.3 Å². The van der Waals surface area contributed by atoms with Crippen LogP contribution in [0, 0.1) is 11.8 Å². The van der Waals surface area contributed by atoms with Gasteiger partial charge < -0.3 is 16.0 Å². The number of carbonyl (C=O) groups excluding carboxylic acids is 3. The smallest absolute Gasteiger partial charge is 0.229 e. The van der Waals surface area contributed by atoms with Crippen molar-refractivity contribution in [2.45, 2.75) is 31.8 Å². The van der Waals surface area contributed by atoms with Crippen LogP contribution in [-0.4, -0.2) is 41.6 Å². The molecule has 0 radical (unpaired) electrons. The molecular formula is C23H24ClN5O3. The van der Waals surface area contributed by atoms with E-state index in [9.17, 15) is 14.4 Å². The highest BCUT2D eigenvalue weighted by molar-refractivity contribution is 6.30. The third-order valence-corrected chi connectivity index (χ3v) is 6.62. The first kappa shape index (κ1) is 20.9. The summed E-state index contributed by atoms with van der Waals surface area (Å²) in [5.41, 5.74) is 3.06. The first-order valence-electron chi connectivity index (χ1n) is 10.7. The minimum absolute atomic E-state index is 0.0512. The standard InChI is InChI=1S/C23H24ClN5O3/c24-15-6-3-7-16(10-15)25-21(31)17-11-18(30)26-20-19(17)22(32)28-23(27-20)29-9-8-13-4-1-2-5-14(13)12-29/h1-7,10,17,19-20,23,27H,8-9,11-12H2,(H,25,31)(H,26,30)(H,28,32). The van der Waals surface area contributed by atoms with Crippen LogP contribution in [0.2, 0.25) is 5.02 Å². The van der Waals surface area contributed by atoms with Crippen molar-refractivity contribution in [2.24, 2.45) is 11.8 Å². The number of anilines is 1. The molecule has 0 aromatic heterocycles. The highest BCUT2D eigenvalue weighted by atomic mass is 35.5. The maximum absolute atomic E-state index is 13.1. The Kier molecular flexibility index (Phi) is 5.58. The zero-order valence-corrected chi connectivity index (χ0v) is 18.1. The Morgan fingerprint density at radius 3 is 2.69 bits per heavy atom. The van der Waals surface area contributed by atoms with E-state index in [0.717, 1.165) is 13.0 Å². The number of halogens is 1. The molecule has 2 saturated heterocycles. The highest BCUT2D eigenvalue weighted by Gasteiger charge is 2.49. The average Bonchev–Trinajstić information content (AvgIpc) is 2.78. The predicted molar refractivity (Wildman–Crippen MR) is 119 cm³/mol. The van der Waals surface area contributed by atoms with Crippen molar-refractivity contribution in [3.63, 3.8) is 0 Å². The lowest BCUT2D eigenvalue weighted by atomic mass is 9.81. The molecule has 3 aliphatic rings. The van der Waals surface area contributed by atoms with Crippen molar-refractivity contribution in [3.05, 3.63) is 64.7 Å². The summed E-state index contributed by atoms with van der Waals surface area (Å²) in [5, 5.41) is 12.5. The molecule has 2 fully saturated rings. The van der Waals surface area contributed by atoms with Gasteiger partial charge >= 0.3 is 0 Å². The van der Waals surface area contributed by atoms with E-state index in [2.05, 4.69) is 38.3 Å². The first-order chi connectivity index (χ1) is 15.5. The number of rotatable bonds is 3. The number of hydrogen-bond acceptors (Lipinski definition) is 5. The Morgan fingerprint density at radius 1 is 1.06 bits per heavy atom. The molecule has 0 spiro atoms. The number of piperidine rings is 1. The third kappa shape index (κ3) is 4.09. The molecule has 166 valence electrons. The van der Waals surface area contributed by atoms with Gasteiger partial charge in [0.25, 0.3) is 0 Å². The van der Waals surface area contributed by atoms with E-state index >= 15 is 0 Å². The van der Waals surface area contributed by atoms with Crippen molar-refractivity contribution < 1.29 is 14.4 Å². The predicted octanol–water partition coefficient (Wildman–Crippen LogP) is 1.42. The molecule has 5 rings (SSSR count). The first-order valence-corrected chi connectivity index (χ1v) is 11.1. The van der Waals surface area contributed by atoms with Crippen LogP contribution in [0.25, 0.3) is 0 Å². The fourth-order valence-electron chi connectivity index (χ4n) is 4.79. The van der Waals surface area contributed by atoms with Crippen LogP contribution in [-0.2, 0) is 27.3 Å². The van der Waals surface area contributed by atoms with Crippen LogP contribution in [0.5, 0.6) is 0 Å². The zero-order valence-electron chi connectivity index (χ0n) is 17.3. The van der Waals surface area contributed by atoms with Crippen molar-refractivity contribution in [1.29, 1.82) is 0 Å². The van der Waals surface area contributed by atoms with E-state index in [1.165, 1.54) is 11.1 Å². The average molecular weight is 454 g/mol. The normalized spacial score (nSPS) is 27.5. The summed E-state index contributed by atoms with van der Waals surface area (Å²) in [4.78, 5) is 40.7. The Balaban J connectivity index is 1.31. The molecule has 2 aromatic carbocycles. The van der Waals surface area contributed by atoms with Crippen molar-refractivity contribution in [1.82, 2.24) is 20.9 Å². The molecule has 3 amide bonds. The Bertz CT molecular complexity index is 1080. The Hall–Kier alpha value is -2.94. The largest absolute Gasteiger partial charge is 0.340 e. The number of amides is 3. The molecule has 2 aromatic rings. The van der Waals surface area contributed by atoms with Gasteiger partial charge in [-0.05, 0) is 35.7 Å². The van der Waals surface area contributed by atoms with Crippen molar-refractivity contribution in [2.75, 3.05) is 11.9 Å². The van der Waals surface area contributed by atoms with Crippen LogP contribution >= 0.6 is 11.6 Å². The van der Waals surface area contributed by atoms with Crippen LogP contribution in [0.1, 0.15) is 17.5 Å². The molecule has 8 nitrogen and oxygen atoms in total.